The molecule has 0 fully saturated rings. The molecule has 0 aliphatic rings. The lowest BCUT2D eigenvalue weighted by atomic mass is 10.3. The number of hydrogen-bond acceptors (Lipinski definition) is 2. The highest BCUT2D eigenvalue weighted by atomic mass is 32.2. The van der Waals surface area contributed by atoms with E-state index in [1.807, 2.05) is 0 Å². The van der Waals surface area contributed by atoms with E-state index in [9.17, 15) is 17.2 Å². The van der Waals surface area contributed by atoms with Crippen molar-refractivity contribution in [2.75, 3.05) is 0 Å². The van der Waals surface area contributed by atoms with E-state index in [1.165, 1.54) is 0 Å². The maximum Gasteiger partial charge on any atom is 0.174 e. The summed E-state index contributed by atoms with van der Waals surface area (Å²) in [5.74, 6) is -2.11. The molecule has 1 aromatic rings. The van der Waals surface area contributed by atoms with Crippen molar-refractivity contribution in [2.24, 2.45) is 0 Å². The van der Waals surface area contributed by atoms with Crippen LogP contribution in [0.1, 0.15) is 0 Å². The third-order valence-corrected chi connectivity index (χ3v) is 1.91. The zero-order valence-corrected chi connectivity index (χ0v) is 6.15. The van der Waals surface area contributed by atoms with Gasteiger partial charge in [-0.2, -0.15) is 0 Å². The molecule has 0 aliphatic heterocycles. The summed E-state index contributed by atoms with van der Waals surface area (Å²) in [6.07, 6.45) is 0. The van der Waals surface area contributed by atoms with Gasteiger partial charge in [-0.15, -0.1) is 0 Å². The van der Waals surface area contributed by atoms with Crippen LogP contribution in [0.2, 0.25) is 0 Å². The molecule has 5 heteroatoms. The van der Waals surface area contributed by atoms with Crippen LogP contribution in [-0.2, 0) is 10.7 Å². The Balaban J connectivity index is 3.44. The van der Waals surface area contributed by atoms with Crippen molar-refractivity contribution in [3.8, 4) is 0 Å². The van der Waals surface area contributed by atoms with Gasteiger partial charge < -0.3 is 0 Å². The number of halogens is 2. The van der Waals surface area contributed by atoms with E-state index >= 15 is 0 Å². The smallest absolute Gasteiger partial charge is 0.174 e. The van der Waals surface area contributed by atoms with Crippen molar-refractivity contribution in [1.29, 1.82) is 0 Å². The van der Waals surface area contributed by atoms with Crippen molar-refractivity contribution in [2.45, 2.75) is 4.90 Å². The van der Waals surface area contributed by atoms with E-state index in [4.69, 9.17) is 0 Å². The molecule has 0 bridgehead atoms. The Hall–Kier alpha value is -0.970. The van der Waals surface area contributed by atoms with Crippen LogP contribution < -0.4 is 0 Å². The molecule has 0 aromatic heterocycles. The summed E-state index contributed by atoms with van der Waals surface area (Å²) in [6.45, 7) is 0. The van der Waals surface area contributed by atoms with E-state index in [0.717, 1.165) is 18.2 Å². The summed E-state index contributed by atoms with van der Waals surface area (Å²) in [7, 11) is -3.19. The Morgan fingerprint density at radius 2 is 1.55 bits per heavy atom. The van der Waals surface area contributed by atoms with Gasteiger partial charge in [0, 0.05) is 0 Å². The molecule has 1 rings (SSSR count). The molecular weight excluding hydrogens is 174 g/mol. The van der Waals surface area contributed by atoms with Crippen molar-refractivity contribution in [3.63, 3.8) is 0 Å². The molecule has 0 saturated heterocycles. The zero-order chi connectivity index (χ0) is 8.43. The highest BCUT2D eigenvalue weighted by Gasteiger charge is 2.09. The SMILES string of the molecule is O=[SH](=O)c1c(F)cccc1F. The molecular formula is C6H4F2O2S. The van der Waals surface area contributed by atoms with Crippen molar-refractivity contribution < 1.29 is 17.2 Å². The summed E-state index contributed by atoms with van der Waals surface area (Å²) in [5, 5.41) is 0. The van der Waals surface area contributed by atoms with Crippen LogP contribution in [-0.4, -0.2) is 8.42 Å². The van der Waals surface area contributed by atoms with Gasteiger partial charge >= 0.3 is 0 Å². The Bertz CT molecular complexity index is 318. The lowest BCUT2D eigenvalue weighted by Crippen LogP contribution is -1.91. The van der Waals surface area contributed by atoms with Gasteiger partial charge in [-0.1, -0.05) is 6.07 Å². The van der Waals surface area contributed by atoms with Crippen molar-refractivity contribution in [3.05, 3.63) is 29.8 Å². The standard InChI is InChI=1S/C6H4F2O2S/c7-4-2-1-3-5(8)6(4)11(9)10/h1-3,11H. The molecule has 0 spiro atoms. The van der Waals surface area contributed by atoms with E-state index < -0.39 is 27.2 Å². The normalized spacial score (nSPS) is 10.5. The summed E-state index contributed by atoms with van der Waals surface area (Å²) in [5.41, 5.74) is 0. The predicted molar refractivity (Wildman–Crippen MR) is 34.9 cm³/mol. The number of rotatable bonds is 1. The first kappa shape index (κ1) is 8.13. The molecule has 0 N–H and O–H groups in total. The summed E-state index contributed by atoms with van der Waals surface area (Å²) in [6, 6.07) is 2.89. The Morgan fingerprint density at radius 3 is 1.82 bits per heavy atom. The molecule has 60 valence electrons. The first-order chi connectivity index (χ1) is 5.13. The lowest BCUT2D eigenvalue weighted by Gasteiger charge is -1.93. The average molecular weight is 178 g/mol. The fourth-order valence-corrected chi connectivity index (χ4v) is 1.16. The summed E-state index contributed by atoms with van der Waals surface area (Å²) >= 11 is 0. The van der Waals surface area contributed by atoms with Crippen LogP contribution in [0.25, 0.3) is 0 Å². The molecule has 2 nitrogen and oxygen atoms in total. The number of hydrogen-bond donors (Lipinski definition) is 1. The van der Waals surface area contributed by atoms with E-state index in [-0.39, 0.29) is 0 Å². The zero-order valence-electron chi connectivity index (χ0n) is 5.25. The fraction of sp³-hybridized carbons (Fsp3) is 0. The van der Waals surface area contributed by atoms with Gasteiger partial charge in [0.05, 0.1) is 0 Å². The lowest BCUT2D eigenvalue weighted by molar-refractivity contribution is 0.526. The van der Waals surface area contributed by atoms with Crippen LogP contribution in [0.3, 0.4) is 0 Å². The van der Waals surface area contributed by atoms with Gasteiger partial charge in [-0.05, 0) is 12.1 Å². The first-order valence-corrected chi connectivity index (χ1v) is 3.89. The fourth-order valence-electron chi connectivity index (χ4n) is 0.663. The Labute approximate surface area is 63.4 Å². The van der Waals surface area contributed by atoms with Crippen molar-refractivity contribution in [1.82, 2.24) is 0 Å². The molecule has 0 radical (unpaired) electrons. The molecule has 0 saturated carbocycles. The van der Waals surface area contributed by atoms with E-state index in [1.54, 1.807) is 0 Å². The second-order valence-electron chi connectivity index (χ2n) is 1.83. The third-order valence-electron chi connectivity index (χ3n) is 1.12. The Kier molecular flexibility index (Phi) is 2.19. The van der Waals surface area contributed by atoms with Gasteiger partial charge in [0.25, 0.3) is 0 Å². The van der Waals surface area contributed by atoms with Crippen LogP contribution >= 0.6 is 0 Å². The molecule has 0 unspecified atom stereocenters. The largest absolute Gasteiger partial charge is 0.227 e. The maximum atomic E-state index is 12.5. The van der Waals surface area contributed by atoms with Gasteiger partial charge in [-0.25, -0.2) is 17.2 Å². The quantitative estimate of drug-likeness (QED) is 0.649. The number of benzene rings is 1. The van der Waals surface area contributed by atoms with Crippen molar-refractivity contribution >= 4 is 10.7 Å². The second kappa shape index (κ2) is 2.96. The minimum absolute atomic E-state index is 0.873. The molecule has 0 heterocycles. The Morgan fingerprint density at radius 1 is 1.09 bits per heavy atom. The van der Waals surface area contributed by atoms with E-state index in [0.29, 0.717) is 0 Å². The predicted octanol–water partition coefficient (Wildman–Crippen LogP) is 0.935. The molecule has 1 aromatic carbocycles. The minimum atomic E-state index is -3.19. The molecule has 0 aliphatic carbocycles. The van der Waals surface area contributed by atoms with Gasteiger partial charge in [-0.3, -0.25) is 0 Å². The summed E-state index contributed by atoms with van der Waals surface area (Å²) in [4.78, 5) is -0.873. The monoisotopic (exact) mass is 178 g/mol. The second-order valence-corrected chi connectivity index (χ2v) is 2.79. The van der Waals surface area contributed by atoms with Crippen LogP contribution in [0.15, 0.2) is 23.1 Å². The highest BCUT2D eigenvalue weighted by molar-refractivity contribution is 7.72. The molecule has 11 heavy (non-hydrogen) atoms. The van der Waals surface area contributed by atoms with Gasteiger partial charge in [0.2, 0.25) is 0 Å². The molecule has 0 amide bonds. The summed E-state index contributed by atoms with van der Waals surface area (Å²) < 4.78 is 45.4. The average Bonchev–Trinajstić information content (AvgIpc) is 1.85. The number of thiol groups is 1. The molecule has 0 atom stereocenters. The van der Waals surface area contributed by atoms with Gasteiger partial charge in [0.1, 0.15) is 16.5 Å². The maximum absolute atomic E-state index is 12.5. The van der Waals surface area contributed by atoms with Crippen LogP contribution in [0, 0.1) is 11.6 Å². The first-order valence-electron chi connectivity index (χ1n) is 2.71. The van der Waals surface area contributed by atoms with Gasteiger partial charge in [0.15, 0.2) is 10.7 Å². The van der Waals surface area contributed by atoms with Crippen LogP contribution in [0.4, 0.5) is 8.78 Å². The third kappa shape index (κ3) is 1.54. The van der Waals surface area contributed by atoms with E-state index in [2.05, 4.69) is 0 Å². The minimum Gasteiger partial charge on any atom is -0.227 e. The van der Waals surface area contributed by atoms with Crippen LogP contribution in [0.5, 0.6) is 0 Å². The topological polar surface area (TPSA) is 34.1 Å². The highest BCUT2D eigenvalue weighted by Crippen LogP contribution is 2.12.